The maximum absolute atomic E-state index is 15.4. The number of piperazine rings is 1. The summed E-state index contributed by atoms with van der Waals surface area (Å²) in [6.45, 7) is 4.05. The van der Waals surface area contributed by atoms with Crippen LogP contribution in [0.2, 0.25) is 0 Å². The maximum Gasteiger partial charge on any atom is 0.320 e. The molecule has 8 nitrogen and oxygen atoms in total. The minimum Gasteiger partial charge on any atom is -0.368 e. The lowest BCUT2D eigenvalue weighted by Gasteiger charge is -2.51. The average molecular weight is 724 g/mol. The van der Waals surface area contributed by atoms with Crippen molar-refractivity contribution in [3.05, 3.63) is 137 Å². The molecule has 0 aromatic heterocycles. The minimum absolute atomic E-state index is 0.0401. The van der Waals surface area contributed by atoms with Crippen molar-refractivity contribution >= 4 is 23.5 Å². The van der Waals surface area contributed by atoms with E-state index in [0.29, 0.717) is 38.2 Å². The monoisotopic (exact) mass is 723 g/mol. The van der Waals surface area contributed by atoms with Gasteiger partial charge < -0.3 is 25.8 Å². The van der Waals surface area contributed by atoms with Crippen molar-refractivity contribution in [1.82, 2.24) is 15.1 Å². The number of carbonyl (C=O) groups excluding carboxylic acids is 3. The zero-order valence-electron chi connectivity index (χ0n) is 29.7. The van der Waals surface area contributed by atoms with Gasteiger partial charge in [0.25, 0.3) is 5.91 Å². The zero-order valence-corrected chi connectivity index (χ0v) is 29.7. The van der Waals surface area contributed by atoms with Gasteiger partial charge >= 0.3 is 6.03 Å². The van der Waals surface area contributed by atoms with Crippen LogP contribution in [0.4, 0.5) is 23.7 Å². The van der Waals surface area contributed by atoms with E-state index in [2.05, 4.69) is 10.2 Å². The van der Waals surface area contributed by atoms with Gasteiger partial charge in [0.05, 0.1) is 17.0 Å². The molecule has 3 N–H and O–H groups in total. The maximum atomic E-state index is 15.4. The number of halogens is 3. The van der Waals surface area contributed by atoms with Crippen molar-refractivity contribution in [2.75, 3.05) is 37.6 Å². The summed E-state index contributed by atoms with van der Waals surface area (Å²) in [6, 6.07) is 25.1. The Labute approximate surface area is 307 Å². The van der Waals surface area contributed by atoms with Crippen LogP contribution in [-0.2, 0) is 10.2 Å². The van der Waals surface area contributed by atoms with Crippen LogP contribution in [0.25, 0.3) is 0 Å². The van der Waals surface area contributed by atoms with E-state index in [0.717, 1.165) is 29.7 Å². The molecule has 4 amide bonds. The molecule has 4 aromatic carbocycles. The van der Waals surface area contributed by atoms with Gasteiger partial charge in [-0.3, -0.25) is 9.59 Å². The lowest BCUT2D eigenvalue weighted by atomic mass is 9.65. The number of anilines is 1. The number of nitrogens with zero attached hydrogens (tertiary/aromatic N) is 3. The molecule has 0 radical (unpaired) electrons. The largest absolute Gasteiger partial charge is 0.368 e. The van der Waals surface area contributed by atoms with E-state index >= 15 is 4.39 Å². The lowest BCUT2D eigenvalue weighted by molar-refractivity contribution is -0.130. The Kier molecular flexibility index (Phi) is 10.2. The van der Waals surface area contributed by atoms with Crippen LogP contribution in [0.1, 0.15) is 71.6 Å². The molecular weight excluding hydrogens is 679 g/mol. The number of piperidine rings is 1. The molecule has 53 heavy (non-hydrogen) atoms. The first-order valence-corrected chi connectivity index (χ1v) is 18.3. The van der Waals surface area contributed by atoms with E-state index in [9.17, 15) is 23.2 Å². The highest BCUT2D eigenvalue weighted by molar-refractivity contribution is 5.95. The first-order valence-electron chi connectivity index (χ1n) is 18.3. The summed E-state index contributed by atoms with van der Waals surface area (Å²) in [4.78, 5) is 48.1. The molecule has 2 aliphatic heterocycles. The Morgan fingerprint density at radius 3 is 2.06 bits per heavy atom. The molecule has 1 saturated carbocycles. The van der Waals surface area contributed by atoms with Crippen molar-refractivity contribution in [3.8, 4) is 0 Å². The van der Waals surface area contributed by atoms with Crippen molar-refractivity contribution in [2.45, 2.75) is 56.0 Å². The Morgan fingerprint density at radius 1 is 0.792 bits per heavy atom. The summed E-state index contributed by atoms with van der Waals surface area (Å²) in [5.41, 5.74) is 7.40. The first-order chi connectivity index (χ1) is 25.6. The van der Waals surface area contributed by atoms with E-state index in [1.165, 1.54) is 30.3 Å². The van der Waals surface area contributed by atoms with Gasteiger partial charge in [-0.2, -0.15) is 0 Å². The smallest absolute Gasteiger partial charge is 0.320 e. The second-order valence-electron chi connectivity index (χ2n) is 14.6. The Bertz CT molecular complexity index is 1950. The van der Waals surface area contributed by atoms with Crippen LogP contribution in [0, 0.1) is 23.4 Å². The van der Waals surface area contributed by atoms with E-state index in [4.69, 9.17) is 5.73 Å². The topological polar surface area (TPSA) is 99.0 Å². The van der Waals surface area contributed by atoms with E-state index in [1.807, 2.05) is 47.1 Å². The Morgan fingerprint density at radius 2 is 1.43 bits per heavy atom. The van der Waals surface area contributed by atoms with Crippen LogP contribution in [0.3, 0.4) is 0 Å². The quantitative estimate of drug-likeness (QED) is 0.196. The summed E-state index contributed by atoms with van der Waals surface area (Å²) in [6.07, 6.45) is 2.18. The van der Waals surface area contributed by atoms with Gasteiger partial charge in [0, 0.05) is 50.4 Å². The van der Waals surface area contributed by atoms with E-state index in [1.54, 1.807) is 36.4 Å². The normalized spacial score (nSPS) is 21.5. The van der Waals surface area contributed by atoms with Gasteiger partial charge in [-0.15, -0.1) is 0 Å². The summed E-state index contributed by atoms with van der Waals surface area (Å²) in [7, 11) is 0. The molecule has 7 rings (SSSR count). The number of carbonyl (C=O) groups is 3. The van der Waals surface area contributed by atoms with Gasteiger partial charge in [-0.25, -0.2) is 18.0 Å². The third kappa shape index (κ3) is 7.34. The van der Waals surface area contributed by atoms with Crippen LogP contribution in [-0.4, -0.2) is 66.4 Å². The molecule has 1 aliphatic carbocycles. The first kappa shape index (κ1) is 36.1. The number of nitrogens with one attached hydrogen (secondary N) is 1. The van der Waals surface area contributed by atoms with Crippen LogP contribution in [0.15, 0.2) is 97.1 Å². The molecule has 2 unspecified atom stereocenters. The number of nitrogens with two attached hydrogens (primary N) is 1. The SMILES string of the molecule is C[C@H](NC(=O)C1(c2ccccc2)CCN(C(=O)N2CCN(c3ccc(F)cc3)CC2)[C@H](C(c2cccc(F)c2C(N)=O)C2CC2)C1)c1ccc(F)cc1. The van der Waals surface area contributed by atoms with Crippen molar-refractivity contribution in [2.24, 2.45) is 11.7 Å². The molecule has 4 aromatic rings. The summed E-state index contributed by atoms with van der Waals surface area (Å²) in [5.74, 6) is -2.94. The predicted molar refractivity (Wildman–Crippen MR) is 197 cm³/mol. The zero-order chi connectivity index (χ0) is 37.3. The number of primary amides is 1. The third-order valence-electron chi connectivity index (χ3n) is 11.4. The van der Waals surface area contributed by atoms with Gasteiger partial charge in [0.15, 0.2) is 0 Å². The average Bonchev–Trinajstić information content (AvgIpc) is 4.01. The van der Waals surface area contributed by atoms with Gasteiger partial charge in [0.1, 0.15) is 17.5 Å². The number of amides is 4. The predicted octanol–water partition coefficient (Wildman–Crippen LogP) is 6.92. The second kappa shape index (κ2) is 15.0. The van der Waals surface area contributed by atoms with E-state index in [-0.39, 0.29) is 48.0 Å². The van der Waals surface area contributed by atoms with Crippen LogP contribution >= 0.6 is 0 Å². The lowest BCUT2D eigenvalue weighted by Crippen LogP contribution is -2.62. The molecular formula is C42H44F3N5O3. The van der Waals surface area contributed by atoms with Gasteiger partial charge in [-0.1, -0.05) is 54.6 Å². The van der Waals surface area contributed by atoms with Crippen LogP contribution in [0.5, 0.6) is 0 Å². The fourth-order valence-corrected chi connectivity index (χ4v) is 8.43. The standard InChI is InChI=1S/C42H44F3N5O3/c1-27(28-12-14-31(43)15-13-28)47-40(52)42(30-6-3-2-4-7-30)20-21-50(41(53)49-24-22-48(23-25-49)33-18-16-32(44)17-19-33)36(26-42)37(29-10-11-29)34-8-5-9-35(45)38(34)39(46)51/h2-9,12-19,27,29,36-37H,10-11,20-26H2,1H3,(H2,46,51)(H,47,52)/t27-,36-,37?,42?/m0/s1. The fraction of sp³-hybridized carbons (Fsp3) is 0.357. The second-order valence-corrected chi connectivity index (χ2v) is 14.6. The molecule has 3 aliphatic rings. The van der Waals surface area contributed by atoms with Crippen molar-refractivity contribution in [3.63, 3.8) is 0 Å². The Balaban J connectivity index is 1.26. The van der Waals surface area contributed by atoms with Gasteiger partial charge in [-0.05, 0) is 97.7 Å². The molecule has 0 bridgehead atoms. The number of benzene rings is 4. The molecule has 2 heterocycles. The number of likely N-dealkylation sites (tertiary alicyclic amines) is 1. The molecule has 11 heteroatoms. The van der Waals surface area contributed by atoms with Gasteiger partial charge in [0.2, 0.25) is 5.91 Å². The number of rotatable bonds is 9. The van der Waals surface area contributed by atoms with Crippen LogP contribution < -0.4 is 16.0 Å². The molecule has 2 saturated heterocycles. The molecule has 3 fully saturated rings. The van der Waals surface area contributed by atoms with Crippen molar-refractivity contribution < 1.29 is 27.6 Å². The van der Waals surface area contributed by atoms with E-state index < -0.39 is 35.1 Å². The number of urea groups is 1. The molecule has 276 valence electrons. The highest BCUT2D eigenvalue weighted by Gasteiger charge is 2.53. The summed E-state index contributed by atoms with van der Waals surface area (Å²) < 4.78 is 42.8. The third-order valence-corrected chi connectivity index (χ3v) is 11.4. The highest BCUT2D eigenvalue weighted by atomic mass is 19.1. The highest BCUT2D eigenvalue weighted by Crippen LogP contribution is 2.52. The molecule has 4 atom stereocenters. The van der Waals surface area contributed by atoms with Crippen molar-refractivity contribution in [1.29, 1.82) is 0 Å². The minimum atomic E-state index is -1.09. The Hall–Kier alpha value is -5.32. The summed E-state index contributed by atoms with van der Waals surface area (Å²) >= 11 is 0. The summed E-state index contributed by atoms with van der Waals surface area (Å²) in [5, 5.41) is 3.20. The fourth-order valence-electron chi connectivity index (χ4n) is 8.43. The molecule has 0 spiro atoms. The number of hydrogen-bond donors (Lipinski definition) is 2. The number of hydrogen-bond acceptors (Lipinski definition) is 4.